The molecule has 6 rings (SSSR count). The fourth-order valence-corrected chi connectivity index (χ4v) is 6.92. The molecule has 3 aromatic rings. The van der Waals surface area contributed by atoms with Crippen LogP contribution in [0.15, 0.2) is 29.8 Å². The fraction of sp³-hybridized carbons (Fsp3) is 0.485. The average Bonchev–Trinajstić information content (AvgIpc) is 3.81. The summed E-state index contributed by atoms with van der Waals surface area (Å²) in [5, 5.41) is 10.3. The number of carbonyl (C=O) groups excluding carboxylic acids is 2. The lowest BCUT2D eigenvalue weighted by Gasteiger charge is -2.42. The number of piperazine rings is 1. The first kappa shape index (κ1) is 26.7. The van der Waals surface area contributed by atoms with Crippen molar-refractivity contribution in [2.45, 2.75) is 52.1 Å². The van der Waals surface area contributed by atoms with Crippen LogP contribution in [0.1, 0.15) is 58.5 Å². The minimum absolute atomic E-state index is 0.0101. The van der Waals surface area contributed by atoms with Crippen molar-refractivity contribution in [3.63, 3.8) is 0 Å². The summed E-state index contributed by atoms with van der Waals surface area (Å²) in [5.74, 6) is 0.688. The summed E-state index contributed by atoms with van der Waals surface area (Å²) >= 11 is 1.68. The van der Waals surface area contributed by atoms with Crippen molar-refractivity contribution < 1.29 is 23.2 Å². The number of methoxy groups -OCH3 is 1. The lowest BCUT2D eigenvalue weighted by atomic mass is 9.97. The second kappa shape index (κ2) is 12.4. The Morgan fingerprint density at radius 3 is 2.68 bits per heavy atom. The highest BCUT2D eigenvalue weighted by Gasteiger charge is 2.31. The van der Waals surface area contributed by atoms with Gasteiger partial charge in [-0.05, 0) is 45.2 Å². The molecular weight excluding hydrogens is 576 g/mol. The van der Waals surface area contributed by atoms with E-state index in [-0.39, 0.29) is 34.4 Å². The Balaban J connectivity index is 1.31. The molecule has 234 valence electrons. The van der Waals surface area contributed by atoms with Crippen molar-refractivity contribution in [1.29, 1.82) is 0 Å². The van der Waals surface area contributed by atoms with Crippen LogP contribution in [-0.2, 0) is 17.8 Å². The molecule has 0 unspecified atom stereocenters. The molecular formula is C33H42N6O4S. The molecule has 0 radical (unpaired) electrons. The summed E-state index contributed by atoms with van der Waals surface area (Å²) in [6, 6.07) is 5.43. The highest BCUT2D eigenvalue weighted by atomic mass is 32.1. The van der Waals surface area contributed by atoms with E-state index < -0.39 is 12.9 Å². The third kappa shape index (κ3) is 6.27. The van der Waals surface area contributed by atoms with Crippen LogP contribution in [0.5, 0.6) is 11.5 Å². The second-order valence-electron chi connectivity index (χ2n) is 12.6. The molecule has 0 bridgehead atoms. The van der Waals surface area contributed by atoms with Crippen LogP contribution < -0.4 is 25.4 Å². The molecule has 4 heterocycles. The van der Waals surface area contributed by atoms with Crippen LogP contribution in [0.2, 0.25) is 0 Å². The normalized spacial score (nSPS) is 18.4. The lowest BCUT2D eigenvalue weighted by molar-refractivity contribution is -0.117. The number of carbonyl (C=O) groups is 2. The Morgan fingerprint density at radius 2 is 1.98 bits per heavy atom. The molecule has 1 saturated carbocycles. The van der Waals surface area contributed by atoms with Gasteiger partial charge in [-0.2, -0.15) is 0 Å². The molecule has 2 aliphatic heterocycles. The van der Waals surface area contributed by atoms with Crippen molar-refractivity contribution in [1.82, 2.24) is 20.1 Å². The number of amides is 2. The van der Waals surface area contributed by atoms with E-state index in [1.807, 2.05) is 17.4 Å². The van der Waals surface area contributed by atoms with Gasteiger partial charge in [0, 0.05) is 90.5 Å². The van der Waals surface area contributed by atoms with Gasteiger partial charge >= 0.3 is 0 Å². The fourth-order valence-electron chi connectivity index (χ4n) is 5.90. The minimum atomic E-state index is -2.69. The predicted octanol–water partition coefficient (Wildman–Crippen LogP) is 5.12. The minimum Gasteiger partial charge on any atom is -0.494 e. The van der Waals surface area contributed by atoms with E-state index in [0.29, 0.717) is 24.5 Å². The zero-order valence-electron chi connectivity index (χ0n) is 28.7. The van der Waals surface area contributed by atoms with Crippen LogP contribution in [0.4, 0.5) is 17.2 Å². The maximum Gasteiger partial charge on any atom is 0.254 e. The van der Waals surface area contributed by atoms with Gasteiger partial charge in [0.1, 0.15) is 11.6 Å². The highest BCUT2D eigenvalue weighted by molar-refractivity contribution is 7.10. The van der Waals surface area contributed by atoms with Gasteiger partial charge in [0.05, 0.1) is 35.5 Å². The molecule has 2 aromatic heterocycles. The van der Waals surface area contributed by atoms with E-state index in [9.17, 15) is 9.59 Å². The Bertz CT molecular complexity index is 1660. The van der Waals surface area contributed by atoms with Crippen LogP contribution in [0.3, 0.4) is 0 Å². The Morgan fingerprint density at radius 1 is 1.18 bits per heavy atom. The van der Waals surface area contributed by atoms with E-state index >= 15 is 0 Å². The van der Waals surface area contributed by atoms with Crippen LogP contribution in [-0.4, -0.2) is 79.0 Å². The van der Waals surface area contributed by atoms with Gasteiger partial charge in [-0.3, -0.25) is 19.4 Å². The number of aromatic nitrogens is 1. The number of fused-ring (bicyclic) bond motifs is 3. The smallest absolute Gasteiger partial charge is 0.254 e. The van der Waals surface area contributed by atoms with Gasteiger partial charge in [0.15, 0.2) is 5.75 Å². The molecule has 3 aliphatic rings. The second-order valence-corrected chi connectivity index (χ2v) is 13.5. The summed E-state index contributed by atoms with van der Waals surface area (Å²) in [4.78, 5) is 36.0. The molecule has 3 N–H and O–H groups in total. The van der Waals surface area contributed by atoms with Gasteiger partial charge in [0.25, 0.3) is 5.91 Å². The molecule has 2 amide bonds. The van der Waals surface area contributed by atoms with E-state index in [4.69, 9.17) is 13.6 Å². The first-order valence-corrected chi connectivity index (χ1v) is 16.0. The SMILES string of the molecule is [2H]C([2H])([2H])NC(=O)c1cnc(NC(=O)C2CC2)cc1Nc1ccc2c(c1OC)-c1csc(CN3CCN(C(C)(C)C)CC3)c1OCC2. The summed E-state index contributed by atoms with van der Waals surface area (Å²) in [5.41, 5.74) is 3.95. The van der Waals surface area contributed by atoms with Crippen LogP contribution >= 0.6 is 11.3 Å². The number of hydrogen-bond donors (Lipinski definition) is 3. The third-order valence-electron chi connectivity index (χ3n) is 8.57. The molecule has 2 fully saturated rings. The zero-order chi connectivity index (χ0) is 33.5. The van der Waals surface area contributed by atoms with Gasteiger partial charge in [-0.15, -0.1) is 11.3 Å². The standard InChI is InChI=1S/C33H42N6O4S/c1-33(2,3)39-13-11-38(12-14-39)18-26-29-23(19-44-26)28-20(10-15-43-29)8-9-24(30(28)42-5)36-25-16-27(37-31(40)21-6-7-21)35-17-22(25)32(41)34-4/h8-9,16-17,19,21H,6-7,10-15,18H2,1-5H3,(H,34,41)(H2,35,36,37,40)/i4D3. The average molecular weight is 622 g/mol. The topological polar surface area (TPSA) is 108 Å². The van der Waals surface area contributed by atoms with E-state index in [1.54, 1.807) is 18.4 Å². The number of thiophene rings is 1. The zero-order valence-corrected chi connectivity index (χ0v) is 26.5. The number of ether oxygens (including phenoxy) is 2. The van der Waals surface area contributed by atoms with Gasteiger partial charge in [0.2, 0.25) is 5.91 Å². The van der Waals surface area contributed by atoms with Gasteiger partial charge < -0.3 is 25.4 Å². The third-order valence-corrected chi connectivity index (χ3v) is 9.52. The Labute approximate surface area is 267 Å². The molecule has 1 aliphatic carbocycles. The van der Waals surface area contributed by atoms with Gasteiger partial charge in [-0.1, -0.05) is 6.07 Å². The van der Waals surface area contributed by atoms with Gasteiger partial charge in [-0.25, -0.2) is 4.98 Å². The Kier molecular flexibility index (Phi) is 7.51. The molecule has 0 atom stereocenters. The number of pyridine rings is 1. The first-order valence-electron chi connectivity index (χ1n) is 16.6. The van der Waals surface area contributed by atoms with Crippen LogP contribution in [0.25, 0.3) is 11.1 Å². The van der Waals surface area contributed by atoms with Crippen molar-refractivity contribution in [3.05, 3.63) is 45.8 Å². The summed E-state index contributed by atoms with van der Waals surface area (Å²) in [7, 11) is 1.60. The number of nitrogens with one attached hydrogen (secondary N) is 3. The predicted molar refractivity (Wildman–Crippen MR) is 174 cm³/mol. The van der Waals surface area contributed by atoms with Crippen molar-refractivity contribution in [3.8, 4) is 22.6 Å². The van der Waals surface area contributed by atoms with E-state index in [1.165, 1.54) is 17.1 Å². The summed E-state index contributed by atoms with van der Waals surface area (Å²) in [6.07, 6.45) is 3.60. The van der Waals surface area contributed by atoms with Crippen molar-refractivity contribution in [2.75, 3.05) is 57.5 Å². The lowest BCUT2D eigenvalue weighted by Crippen LogP contribution is -2.53. The van der Waals surface area contributed by atoms with Crippen molar-refractivity contribution in [2.24, 2.45) is 5.92 Å². The van der Waals surface area contributed by atoms with Crippen LogP contribution in [0, 0.1) is 5.92 Å². The summed E-state index contributed by atoms with van der Waals surface area (Å²) in [6.45, 7) is 9.46. The number of hydrogen-bond acceptors (Lipinski definition) is 9. The quantitative estimate of drug-likeness (QED) is 0.318. The molecule has 11 heteroatoms. The molecule has 1 saturated heterocycles. The number of nitrogens with zero attached hydrogens (tertiary/aromatic N) is 3. The molecule has 10 nitrogen and oxygen atoms in total. The molecule has 1 aromatic carbocycles. The summed E-state index contributed by atoms with van der Waals surface area (Å²) < 4.78 is 35.0. The van der Waals surface area contributed by atoms with E-state index in [2.05, 4.69) is 51.6 Å². The monoisotopic (exact) mass is 621 g/mol. The highest BCUT2D eigenvalue weighted by Crippen LogP contribution is 2.49. The number of rotatable bonds is 8. The number of benzene rings is 1. The maximum absolute atomic E-state index is 13.1. The molecule has 0 spiro atoms. The molecule has 44 heavy (non-hydrogen) atoms. The first-order chi connectivity index (χ1) is 22.3. The van der Waals surface area contributed by atoms with Crippen molar-refractivity contribution >= 4 is 40.3 Å². The van der Waals surface area contributed by atoms with E-state index in [0.717, 1.165) is 68.0 Å². The largest absolute Gasteiger partial charge is 0.494 e. The maximum atomic E-state index is 13.1. The number of anilines is 3. The Hall–Kier alpha value is -3.67.